The fourth-order valence-electron chi connectivity index (χ4n) is 1.98. The van der Waals surface area contributed by atoms with E-state index in [4.69, 9.17) is 17.3 Å². The van der Waals surface area contributed by atoms with E-state index in [1.165, 1.54) is 12.1 Å². The Morgan fingerprint density at radius 3 is 2.44 bits per heavy atom. The van der Waals surface area contributed by atoms with Crippen LogP contribution in [0.5, 0.6) is 0 Å². The Morgan fingerprint density at radius 2 is 1.72 bits per heavy atom. The molecule has 0 saturated carbocycles. The zero-order valence-corrected chi connectivity index (χ0v) is 13.2. The smallest absolute Gasteiger partial charge is 0.368 e. The molecule has 3 aromatic rings. The van der Waals surface area contributed by atoms with Gasteiger partial charge in [0.2, 0.25) is 11.9 Å². The number of rotatable bonds is 3. The molecule has 0 unspecified atom stereocenters. The number of hydrogen-bond acceptors (Lipinski definition) is 6. The van der Waals surface area contributed by atoms with Crippen molar-refractivity contribution in [2.45, 2.75) is 6.18 Å². The molecule has 0 radical (unpaired) electrons. The number of nitrogens with one attached hydrogen (secondary N) is 1. The van der Waals surface area contributed by atoms with Crippen LogP contribution in [0.4, 0.5) is 30.8 Å². The van der Waals surface area contributed by atoms with Gasteiger partial charge in [0.25, 0.3) is 0 Å². The summed E-state index contributed by atoms with van der Waals surface area (Å²) in [5.74, 6) is -0.180. The maximum Gasteiger partial charge on any atom is 0.433 e. The van der Waals surface area contributed by atoms with E-state index in [0.717, 1.165) is 6.07 Å². The molecule has 2 heterocycles. The van der Waals surface area contributed by atoms with Gasteiger partial charge in [-0.3, -0.25) is 0 Å². The summed E-state index contributed by atoms with van der Waals surface area (Å²) in [5, 5.41) is 3.36. The lowest BCUT2D eigenvalue weighted by atomic mass is 10.3. The topological polar surface area (TPSA) is 89.6 Å². The minimum absolute atomic E-state index is 0.0592. The summed E-state index contributed by atoms with van der Waals surface area (Å²) in [4.78, 5) is 15.4. The van der Waals surface area contributed by atoms with Crippen molar-refractivity contribution >= 4 is 29.2 Å². The summed E-state index contributed by atoms with van der Waals surface area (Å²) in [7, 11) is 0. The normalized spacial score (nSPS) is 11.4. The van der Waals surface area contributed by atoms with Crippen LogP contribution in [-0.2, 0) is 6.18 Å². The van der Waals surface area contributed by atoms with E-state index >= 15 is 0 Å². The zero-order valence-electron chi connectivity index (χ0n) is 12.4. The average molecular weight is 367 g/mol. The van der Waals surface area contributed by atoms with Gasteiger partial charge in [-0.15, -0.1) is 0 Å². The van der Waals surface area contributed by atoms with Crippen molar-refractivity contribution in [1.29, 1.82) is 0 Å². The van der Waals surface area contributed by atoms with Crippen LogP contribution < -0.4 is 11.1 Å². The predicted octanol–water partition coefficient (Wildman–Crippen LogP) is 3.93. The molecule has 3 rings (SSSR count). The van der Waals surface area contributed by atoms with Gasteiger partial charge in [-0.25, -0.2) is 4.98 Å². The molecule has 0 spiro atoms. The standard InChI is InChI=1S/C15H10ClF3N6/c16-8-3-1-4-9(7-8)21-14-24-12(23-13(20)25-14)10-5-2-6-11(22-10)15(17,18)19/h1-7H,(H3,20,21,23,24,25). The fourth-order valence-corrected chi connectivity index (χ4v) is 2.17. The van der Waals surface area contributed by atoms with Crippen molar-refractivity contribution < 1.29 is 13.2 Å². The number of hydrogen-bond donors (Lipinski definition) is 2. The van der Waals surface area contributed by atoms with Crippen LogP contribution in [0.15, 0.2) is 42.5 Å². The molecule has 0 amide bonds. The quantitative estimate of drug-likeness (QED) is 0.730. The molecular weight excluding hydrogens is 357 g/mol. The first-order chi connectivity index (χ1) is 11.8. The highest BCUT2D eigenvalue weighted by atomic mass is 35.5. The van der Waals surface area contributed by atoms with Gasteiger partial charge in [0, 0.05) is 10.7 Å². The van der Waals surface area contributed by atoms with E-state index < -0.39 is 11.9 Å². The Morgan fingerprint density at radius 1 is 0.960 bits per heavy atom. The van der Waals surface area contributed by atoms with Crippen LogP contribution in [0.25, 0.3) is 11.5 Å². The zero-order chi connectivity index (χ0) is 18.0. The summed E-state index contributed by atoms with van der Waals surface area (Å²) < 4.78 is 38.4. The van der Waals surface area contributed by atoms with Crippen molar-refractivity contribution in [2.24, 2.45) is 0 Å². The number of nitrogens with two attached hydrogens (primary N) is 1. The lowest BCUT2D eigenvalue weighted by Gasteiger charge is -2.09. The lowest BCUT2D eigenvalue weighted by Crippen LogP contribution is -2.10. The van der Waals surface area contributed by atoms with Crippen molar-refractivity contribution in [2.75, 3.05) is 11.1 Å². The molecule has 6 nitrogen and oxygen atoms in total. The van der Waals surface area contributed by atoms with Gasteiger partial charge in [-0.05, 0) is 30.3 Å². The van der Waals surface area contributed by atoms with Gasteiger partial charge in [-0.2, -0.15) is 28.1 Å². The molecule has 0 atom stereocenters. The van der Waals surface area contributed by atoms with Crippen LogP contribution in [0.1, 0.15) is 5.69 Å². The Hall–Kier alpha value is -2.94. The molecule has 3 N–H and O–H groups in total. The van der Waals surface area contributed by atoms with Crippen molar-refractivity contribution in [3.05, 3.63) is 53.2 Å². The summed E-state index contributed by atoms with van der Waals surface area (Å²) in [6, 6.07) is 10.2. The second kappa shape index (κ2) is 6.52. The second-order valence-corrected chi connectivity index (χ2v) is 5.32. The predicted molar refractivity (Wildman–Crippen MR) is 87.2 cm³/mol. The third-order valence-corrected chi connectivity index (χ3v) is 3.24. The molecule has 128 valence electrons. The molecule has 10 heteroatoms. The van der Waals surface area contributed by atoms with Gasteiger partial charge in [0.1, 0.15) is 11.4 Å². The summed E-state index contributed by atoms with van der Waals surface area (Å²) >= 11 is 5.90. The number of nitrogens with zero attached hydrogens (tertiary/aromatic N) is 4. The number of aromatic nitrogens is 4. The largest absolute Gasteiger partial charge is 0.433 e. The Kier molecular flexibility index (Phi) is 4.41. The van der Waals surface area contributed by atoms with Crippen LogP contribution in [-0.4, -0.2) is 19.9 Å². The molecule has 0 aliphatic carbocycles. The minimum Gasteiger partial charge on any atom is -0.368 e. The Balaban J connectivity index is 1.97. The second-order valence-electron chi connectivity index (χ2n) is 4.88. The monoisotopic (exact) mass is 366 g/mol. The lowest BCUT2D eigenvalue weighted by molar-refractivity contribution is -0.141. The Bertz CT molecular complexity index is 916. The molecular formula is C15H10ClF3N6. The SMILES string of the molecule is Nc1nc(Nc2cccc(Cl)c2)nc(-c2cccc(C(F)(F)F)n2)n1. The molecule has 0 aliphatic rings. The summed E-state index contributed by atoms with van der Waals surface area (Å²) in [5.41, 5.74) is 5.09. The van der Waals surface area contributed by atoms with Crippen LogP contribution >= 0.6 is 11.6 Å². The highest BCUT2D eigenvalue weighted by molar-refractivity contribution is 6.30. The van der Waals surface area contributed by atoms with Gasteiger partial charge >= 0.3 is 6.18 Å². The third kappa shape index (κ3) is 4.13. The first kappa shape index (κ1) is 16.9. The fraction of sp³-hybridized carbons (Fsp3) is 0.0667. The van der Waals surface area contributed by atoms with E-state index in [1.54, 1.807) is 24.3 Å². The van der Waals surface area contributed by atoms with E-state index in [0.29, 0.717) is 10.7 Å². The van der Waals surface area contributed by atoms with Gasteiger partial charge in [0.15, 0.2) is 5.82 Å². The first-order valence-corrected chi connectivity index (χ1v) is 7.28. The maximum atomic E-state index is 12.8. The molecule has 0 fully saturated rings. The molecule has 0 saturated heterocycles. The van der Waals surface area contributed by atoms with Crippen molar-refractivity contribution in [3.8, 4) is 11.5 Å². The number of nitrogen functional groups attached to an aromatic ring is 1. The van der Waals surface area contributed by atoms with Crippen molar-refractivity contribution in [3.63, 3.8) is 0 Å². The number of pyridine rings is 1. The van der Waals surface area contributed by atoms with Gasteiger partial charge in [-0.1, -0.05) is 23.7 Å². The molecule has 0 bridgehead atoms. The average Bonchev–Trinajstić information content (AvgIpc) is 2.54. The number of halogens is 4. The highest BCUT2D eigenvalue weighted by Gasteiger charge is 2.32. The summed E-state index contributed by atoms with van der Waals surface area (Å²) in [6.45, 7) is 0. The summed E-state index contributed by atoms with van der Waals surface area (Å²) in [6.07, 6.45) is -4.57. The first-order valence-electron chi connectivity index (χ1n) is 6.90. The van der Waals surface area contributed by atoms with E-state index in [2.05, 4.69) is 25.3 Å². The van der Waals surface area contributed by atoms with Crippen molar-refractivity contribution in [1.82, 2.24) is 19.9 Å². The van der Waals surface area contributed by atoms with Crippen LogP contribution in [0.2, 0.25) is 5.02 Å². The molecule has 25 heavy (non-hydrogen) atoms. The van der Waals surface area contributed by atoms with E-state index in [9.17, 15) is 13.2 Å². The number of alkyl halides is 3. The molecule has 0 aliphatic heterocycles. The minimum atomic E-state index is -4.57. The highest BCUT2D eigenvalue weighted by Crippen LogP contribution is 2.29. The van der Waals surface area contributed by atoms with Crippen LogP contribution in [0.3, 0.4) is 0 Å². The third-order valence-electron chi connectivity index (χ3n) is 3.00. The maximum absolute atomic E-state index is 12.8. The molecule has 2 aromatic heterocycles. The van der Waals surface area contributed by atoms with Crippen LogP contribution in [0, 0.1) is 0 Å². The van der Waals surface area contributed by atoms with Gasteiger partial charge in [0.05, 0.1) is 0 Å². The number of anilines is 3. The Labute approximate surface area is 144 Å². The number of benzene rings is 1. The van der Waals surface area contributed by atoms with Gasteiger partial charge < -0.3 is 11.1 Å². The van der Waals surface area contributed by atoms with E-state index in [1.807, 2.05) is 0 Å². The van der Waals surface area contributed by atoms with E-state index in [-0.39, 0.29) is 23.4 Å². The molecule has 1 aromatic carbocycles.